The topological polar surface area (TPSA) is 219 Å². The zero-order valence-corrected chi connectivity index (χ0v) is 27.5. The third-order valence-electron chi connectivity index (χ3n) is 7.10. The van der Waals surface area contributed by atoms with Crippen molar-refractivity contribution in [2.45, 2.75) is 116 Å². The lowest BCUT2D eigenvalue weighted by Crippen LogP contribution is -2.51. The highest BCUT2D eigenvalue weighted by molar-refractivity contribution is 7.54. The summed E-state index contributed by atoms with van der Waals surface area (Å²) in [6.07, 6.45) is -4.24. The molecule has 44 heavy (non-hydrogen) atoms. The van der Waals surface area contributed by atoms with Gasteiger partial charge in [0.1, 0.15) is 48.1 Å². The largest absolute Gasteiger partial charge is 0.468 e. The molecule has 0 radical (unpaired) electrons. The summed E-state index contributed by atoms with van der Waals surface area (Å²) in [5.41, 5.74) is 6.02. The number of aliphatic hydroxyl groups excluding tert-OH is 2. The lowest BCUT2D eigenvalue weighted by molar-refractivity contribution is -0.150. The van der Waals surface area contributed by atoms with Crippen molar-refractivity contribution in [3.05, 3.63) is 0 Å². The molecule has 3 aliphatic rings. The number of nitrogens with one attached hydrogen (secondary N) is 2. The van der Waals surface area contributed by atoms with E-state index in [9.17, 15) is 24.4 Å². The maximum Gasteiger partial charge on any atom is 0.342 e. The number of aliphatic hydroxyl groups is 2. The molecule has 0 aromatic rings. The van der Waals surface area contributed by atoms with Crippen LogP contribution in [0.1, 0.15) is 61.3 Å². The molecule has 0 saturated carbocycles. The van der Waals surface area contributed by atoms with Crippen molar-refractivity contribution in [3.63, 3.8) is 0 Å². The Balaban J connectivity index is 1.83. The minimum Gasteiger partial charge on any atom is -0.468 e. The van der Waals surface area contributed by atoms with Crippen LogP contribution in [0, 0.1) is 11.8 Å². The first kappa shape index (κ1) is 36.0. The summed E-state index contributed by atoms with van der Waals surface area (Å²) in [7, 11) is -3.05. The minimum atomic E-state index is -4.26. The van der Waals surface area contributed by atoms with Crippen molar-refractivity contribution in [1.29, 1.82) is 0 Å². The van der Waals surface area contributed by atoms with E-state index in [1.54, 1.807) is 20.8 Å². The predicted octanol–water partition coefficient (Wildman–Crippen LogP) is 0.519. The van der Waals surface area contributed by atoms with Crippen molar-refractivity contribution in [3.8, 4) is 0 Å². The Morgan fingerprint density at radius 1 is 1.07 bits per heavy atom. The third kappa shape index (κ3) is 9.05. The van der Waals surface area contributed by atoms with Gasteiger partial charge in [-0.1, -0.05) is 27.7 Å². The molecule has 1 saturated heterocycles. The van der Waals surface area contributed by atoms with E-state index in [1.165, 1.54) is 18.3 Å². The molecule has 0 aromatic carbocycles. The van der Waals surface area contributed by atoms with Gasteiger partial charge in [-0.25, -0.2) is 20.2 Å². The number of aliphatic imine (C=N–C) groups is 3. The summed E-state index contributed by atoms with van der Waals surface area (Å²) in [4.78, 5) is 40.1. The minimum absolute atomic E-state index is 0.000241. The van der Waals surface area contributed by atoms with E-state index in [2.05, 4.69) is 25.2 Å². The normalized spacial score (nSPS) is 29.3. The van der Waals surface area contributed by atoms with Crippen molar-refractivity contribution >= 4 is 37.6 Å². The monoisotopic (exact) mass is 645 g/mol. The molecule has 1 fully saturated rings. The maximum atomic E-state index is 14.4. The predicted molar refractivity (Wildman–Crippen MR) is 163 cm³/mol. The van der Waals surface area contributed by atoms with Gasteiger partial charge in [-0.05, 0) is 45.4 Å². The highest BCUT2D eigenvalue weighted by Crippen LogP contribution is 2.42. The molecule has 0 aromatic heterocycles. The lowest BCUT2D eigenvalue weighted by Gasteiger charge is -2.32. The first-order valence-electron chi connectivity index (χ1n) is 14.8. The molecule has 4 unspecified atom stereocenters. The van der Waals surface area contributed by atoms with Gasteiger partial charge in [0.15, 0.2) is 12.4 Å². The van der Waals surface area contributed by atoms with Crippen molar-refractivity contribution < 1.29 is 43.1 Å². The highest BCUT2D eigenvalue weighted by Gasteiger charge is 2.51. The molecule has 9 atom stereocenters. The van der Waals surface area contributed by atoms with E-state index in [4.69, 9.17) is 24.5 Å². The summed E-state index contributed by atoms with van der Waals surface area (Å²) in [5.74, 6) is -0.612. The molecular weight excluding hydrogens is 597 g/mol. The fourth-order valence-corrected chi connectivity index (χ4v) is 6.95. The summed E-state index contributed by atoms with van der Waals surface area (Å²) in [5, 5.41) is 27.4. The average Bonchev–Trinajstić information content (AvgIpc) is 3.46. The van der Waals surface area contributed by atoms with Gasteiger partial charge >= 0.3 is 19.6 Å². The van der Waals surface area contributed by atoms with Gasteiger partial charge in [0.2, 0.25) is 0 Å². The first-order chi connectivity index (χ1) is 20.5. The molecule has 250 valence electrons. The average molecular weight is 646 g/mol. The second-order valence-corrected chi connectivity index (χ2v) is 14.2. The van der Waals surface area contributed by atoms with Gasteiger partial charge in [0.25, 0.3) is 0 Å². The number of amidine groups is 2. The van der Waals surface area contributed by atoms with Crippen LogP contribution in [0.25, 0.3) is 0 Å². The molecule has 0 spiro atoms. The smallest absolute Gasteiger partial charge is 0.342 e. The number of nitrogens with zero attached hydrogens (tertiary/aromatic N) is 4. The van der Waals surface area contributed by atoms with Crippen LogP contribution < -0.4 is 15.9 Å². The van der Waals surface area contributed by atoms with E-state index in [0.29, 0.717) is 5.84 Å². The summed E-state index contributed by atoms with van der Waals surface area (Å²) in [6, 6.07) is -2.68. The van der Waals surface area contributed by atoms with E-state index in [1.807, 2.05) is 27.7 Å². The number of hydrogen-bond donors (Lipinski definition) is 5. The summed E-state index contributed by atoms with van der Waals surface area (Å²) >= 11 is 0. The zero-order chi connectivity index (χ0) is 32.9. The molecule has 0 amide bonds. The first-order valence-corrected chi connectivity index (χ1v) is 16.5. The number of carbonyl (C=O) groups is 2. The van der Waals surface area contributed by atoms with Gasteiger partial charge in [-0.3, -0.25) is 19.1 Å². The van der Waals surface area contributed by atoms with Gasteiger partial charge in [0, 0.05) is 0 Å². The van der Waals surface area contributed by atoms with E-state index >= 15 is 0 Å². The van der Waals surface area contributed by atoms with Gasteiger partial charge in [-0.2, -0.15) is 0 Å². The Morgan fingerprint density at radius 2 is 1.66 bits per heavy atom. The Kier molecular flexibility index (Phi) is 12.5. The zero-order valence-electron chi connectivity index (χ0n) is 26.6. The van der Waals surface area contributed by atoms with Gasteiger partial charge in [0.05, 0.1) is 26.2 Å². The van der Waals surface area contributed by atoms with Gasteiger partial charge in [-0.15, -0.1) is 0 Å². The van der Waals surface area contributed by atoms with E-state index < -0.39 is 81.2 Å². The van der Waals surface area contributed by atoms with E-state index in [0.717, 1.165) is 0 Å². The number of fused-ring (bicyclic) bond motifs is 1. The number of carbonyl (C=O) groups excluding carboxylic acids is 2. The number of methoxy groups -OCH3 is 1. The van der Waals surface area contributed by atoms with Crippen LogP contribution in [-0.4, -0.2) is 114 Å². The quantitative estimate of drug-likeness (QED) is 0.121. The Hall–Kier alpha value is -2.46. The SMILES string of the molecule is COC(=O)[C@H](CC(C)C)NP(=O)(N[C@@H](CC(C)C)C(=O)OC(C)C)OC[C@H]1O[C@@H](N2C=NC3C(N)=NC(C)=NC32)[C@H](O)C1O. The Morgan fingerprint density at radius 3 is 2.20 bits per heavy atom. The standard InChI is InChI=1S/C27H48N7O9P/c1-13(2)9-17(26(37)40-8)32-44(39,33-18(10-14(3)4)27(38)42-15(5)6)41-11-19-21(35)22(36)25(43-19)34-12-29-20-23(28)30-16(7)31-24(20)34/h12-15,17-22,24-25,35-36H,9-11H2,1-8H3,(H2,28,30,31)(H2,32,33,39)/t17-,18-,19+,20?,21?,22+,24?,25+,44?/m0/s1. The number of rotatable bonds is 15. The van der Waals surface area contributed by atoms with Crippen LogP contribution in [0.5, 0.6) is 0 Å². The van der Waals surface area contributed by atoms with Gasteiger partial charge < -0.3 is 39.6 Å². The molecule has 16 nitrogen and oxygen atoms in total. The second-order valence-electron chi connectivity index (χ2n) is 12.3. The van der Waals surface area contributed by atoms with Crippen LogP contribution in [-0.2, 0) is 32.9 Å². The van der Waals surface area contributed by atoms with Crippen LogP contribution in [0.2, 0.25) is 0 Å². The number of ether oxygens (including phenoxy) is 3. The maximum absolute atomic E-state index is 14.4. The van der Waals surface area contributed by atoms with Crippen LogP contribution in [0.15, 0.2) is 15.0 Å². The van der Waals surface area contributed by atoms with Crippen molar-refractivity contribution in [2.75, 3.05) is 13.7 Å². The molecular formula is C27H48N7O9P. The van der Waals surface area contributed by atoms with Crippen LogP contribution >= 0.6 is 7.67 Å². The third-order valence-corrected chi connectivity index (χ3v) is 8.92. The molecule has 17 heteroatoms. The van der Waals surface area contributed by atoms with E-state index in [-0.39, 0.29) is 30.5 Å². The Labute approximate surface area is 258 Å². The molecule has 0 bridgehead atoms. The molecule has 3 aliphatic heterocycles. The van der Waals surface area contributed by atoms with Crippen LogP contribution in [0.3, 0.4) is 0 Å². The fourth-order valence-electron chi connectivity index (χ4n) is 5.13. The summed E-state index contributed by atoms with van der Waals surface area (Å²) in [6.45, 7) is 12.1. The molecule has 3 rings (SSSR count). The number of hydrogen-bond acceptors (Lipinski definition) is 14. The fraction of sp³-hybridized carbons (Fsp3) is 0.815. The lowest BCUT2D eigenvalue weighted by atomic mass is 10.0. The van der Waals surface area contributed by atoms with Crippen LogP contribution in [0.4, 0.5) is 0 Å². The molecule has 0 aliphatic carbocycles. The second kappa shape index (κ2) is 15.2. The summed E-state index contributed by atoms with van der Waals surface area (Å²) < 4.78 is 36.6. The number of esters is 2. The molecule has 3 heterocycles. The Bertz CT molecular complexity index is 1160. The molecule has 6 N–H and O–H groups in total. The van der Waals surface area contributed by atoms with Crippen molar-refractivity contribution in [2.24, 2.45) is 32.5 Å². The number of nitrogens with two attached hydrogens (primary N) is 1. The van der Waals surface area contributed by atoms with Crippen molar-refractivity contribution in [1.82, 2.24) is 15.1 Å². The highest BCUT2D eigenvalue weighted by atomic mass is 31.2.